The predicted molar refractivity (Wildman–Crippen MR) is 139 cm³/mol. The van der Waals surface area contributed by atoms with Crippen LogP contribution in [0.15, 0.2) is 48.7 Å². The van der Waals surface area contributed by atoms with Crippen molar-refractivity contribution in [3.8, 4) is 11.5 Å². The lowest BCUT2D eigenvalue weighted by atomic mass is 10.0. The van der Waals surface area contributed by atoms with E-state index in [-0.39, 0.29) is 5.91 Å². The first-order chi connectivity index (χ1) is 17.3. The van der Waals surface area contributed by atoms with Crippen LogP contribution < -0.4 is 20.1 Å². The number of hydrogen-bond donors (Lipinski definition) is 3. The molecule has 0 unspecified atom stereocenters. The van der Waals surface area contributed by atoms with Crippen LogP contribution >= 0.6 is 0 Å². The molecule has 0 aliphatic carbocycles. The Balaban J connectivity index is 1.14. The van der Waals surface area contributed by atoms with Crippen molar-refractivity contribution in [3.63, 3.8) is 0 Å². The lowest BCUT2D eigenvalue weighted by molar-refractivity contribution is -0.129. The Morgan fingerprint density at radius 2 is 2.03 bits per heavy atom. The van der Waals surface area contributed by atoms with E-state index in [0.717, 1.165) is 65.9 Å². The van der Waals surface area contributed by atoms with Gasteiger partial charge in [-0.3, -0.25) is 9.78 Å². The summed E-state index contributed by atoms with van der Waals surface area (Å²) in [5.41, 5.74) is 2.71. The lowest BCUT2D eigenvalue weighted by Gasteiger charge is -2.34. The zero-order valence-electron chi connectivity index (χ0n) is 21.1. The number of nitrogens with one attached hydrogen (secondary N) is 2. The maximum atomic E-state index is 12.2. The van der Waals surface area contributed by atoms with Gasteiger partial charge in [-0.1, -0.05) is 6.07 Å². The third-order valence-electron chi connectivity index (χ3n) is 7.16. The molecule has 3 heterocycles. The second kappa shape index (κ2) is 10.0. The molecule has 8 nitrogen and oxygen atoms in total. The number of benzene rings is 2. The number of likely N-dealkylation sites (tertiary alicyclic amines) is 1. The molecule has 2 aromatic carbocycles. The number of pyridine rings is 1. The van der Waals surface area contributed by atoms with Crippen LogP contribution in [0.2, 0.25) is 0 Å². The molecule has 1 fully saturated rings. The average Bonchev–Trinajstić information content (AvgIpc) is 2.88. The van der Waals surface area contributed by atoms with Crippen molar-refractivity contribution in [2.45, 2.75) is 51.0 Å². The fraction of sp³-hybridized carbons (Fsp3) is 0.429. The molecular weight excluding hydrogens is 456 g/mol. The van der Waals surface area contributed by atoms with Crippen LogP contribution in [0.25, 0.3) is 10.9 Å². The molecule has 1 amide bonds. The third kappa shape index (κ3) is 5.16. The second-order valence-corrected chi connectivity index (χ2v) is 10.2. The Hall–Kier alpha value is -3.20. The first-order valence-electron chi connectivity index (χ1n) is 12.5. The van der Waals surface area contributed by atoms with Gasteiger partial charge in [0.2, 0.25) is 0 Å². The summed E-state index contributed by atoms with van der Waals surface area (Å²) in [5.74, 6) is 1.33. The summed E-state index contributed by atoms with van der Waals surface area (Å²) >= 11 is 0. The highest BCUT2D eigenvalue weighted by Gasteiger charge is 2.35. The number of carbonyl (C=O) groups excluding carboxylic acids is 1. The smallest absolute Gasteiger partial charge is 0.268 e. The molecule has 8 heteroatoms. The van der Waals surface area contributed by atoms with Gasteiger partial charge in [0.25, 0.3) is 5.91 Å². The number of hydrogen-bond acceptors (Lipinski definition) is 7. The highest BCUT2D eigenvalue weighted by molar-refractivity contribution is 6.00. The molecule has 2 aliphatic rings. The van der Waals surface area contributed by atoms with Crippen molar-refractivity contribution in [3.05, 3.63) is 59.8 Å². The van der Waals surface area contributed by atoms with Crippen molar-refractivity contribution in [1.29, 1.82) is 0 Å². The van der Waals surface area contributed by atoms with E-state index < -0.39 is 11.7 Å². The Morgan fingerprint density at radius 1 is 1.22 bits per heavy atom. The van der Waals surface area contributed by atoms with E-state index in [9.17, 15) is 9.90 Å². The fourth-order valence-electron chi connectivity index (χ4n) is 4.96. The average molecular weight is 491 g/mol. The Kier molecular flexibility index (Phi) is 6.83. The molecule has 3 aromatic rings. The SMILES string of the molecule is COc1ccc2nccc([C@@H](O)CN3CCC(NCc4ccc5c(c4)NC(=O)C(C)(C)O5)CC3)c2c1. The molecule has 1 saturated heterocycles. The maximum Gasteiger partial charge on any atom is 0.268 e. The predicted octanol–water partition coefficient (Wildman–Crippen LogP) is 3.64. The van der Waals surface area contributed by atoms with Crippen LogP contribution in [-0.2, 0) is 11.3 Å². The monoisotopic (exact) mass is 490 g/mol. The van der Waals surface area contributed by atoms with Gasteiger partial charge in [0, 0.05) is 30.7 Å². The number of anilines is 1. The third-order valence-corrected chi connectivity index (χ3v) is 7.16. The minimum Gasteiger partial charge on any atom is -0.497 e. The number of nitrogens with zero attached hydrogens (tertiary/aromatic N) is 2. The Morgan fingerprint density at radius 3 is 2.81 bits per heavy atom. The lowest BCUT2D eigenvalue weighted by Crippen LogP contribution is -2.45. The van der Waals surface area contributed by atoms with E-state index >= 15 is 0 Å². The van der Waals surface area contributed by atoms with Gasteiger partial charge < -0.3 is 30.1 Å². The normalized spacial score (nSPS) is 18.8. The van der Waals surface area contributed by atoms with Gasteiger partial charge in [-0.15, -0.1) is 0 Å². The van der Waals surface area contributed by atoms with E-state index in [4.69, 9.17) is 9.47 Å². The van der Waals surface area contributed by atoms with Crippen LogP contribution in [0.5, 0.6) is 11.5 Å². The second-order valence-electron chi connectivity index (χ2n) is 10.2. The van der Waals surface area contributed by atoms with Crippen LogP contribution in [-0.4, -0.2) is 59.3 Å². The number of aromatic nitrogens is 1. The van der Waals surface area contributed by atoms with Gasteiger partial charge in [0.05, 0.1) is 24.4 Å². The van der Waals surface area contributed by atoms with E-state index in [0.29, 0.717) is 18.3 Å². The van der Waals surface area contributed by atoms with Gasteiger partial charge in [0.1, 0.15) is 11.5 Å². The van der Waals surface area contributed by atoms with Gasteiger partial charge >= 0.3 is 0 Å². The van der Waals surface area contributed by atoms with Gasteiger partial charge in [0.15, 0.2) is 5.60 Å². The number of piperidine rings is 1. The molecule has 3 N–H and O–H groups in total. The molecule has 1 aromatic heterocycles. The molecule has 190 valence electrons. The van der Waals surface area contributed by atoms with Crippen LogP contribution in [0, 0.1) is 0 Å². The minimum atomic E-state index is -0.855. The molecule has 0 bridgehead atoms. The van der Waals surface area contributed by atoms with Crippen molar-refractivity contribution >= 4 is 22.5 Å². The van der Waals surface area contributed by atoms with E-state index in [1.807, 2.05) is 42.5 Å². The standard InChI is InChI=1S/C28H34N4O4/c1-28(2)27(34)31-24-14-18(4-7-26(24)36-28)16-30-19-9-12-32(13-10-19)17-25(33)21-8-11-29-23-6-5-20(35-3)15-22(21)23/h4-8,11,14-15,19,25,30,33H,9-10,12-13,16-17H2,1-3H3,(H,31,34)/t25-/m0/s1. The summed E-state index contributed by atoms with van der Waals surface area (Å²) in [7, 11) is 1.64. The fourth-order valence-corrected chi connectivity index (χ4v) is 4.96. The van der Waals surface area contributed by atoms with E-state index in [2.05, 4.69) is 20.5 Å². The molecule has 36 heavy (non-hydrogen) atoms. The van der Waals surface area contributed by atoms with Crippen molar-refractivity contribution in [2.24, 2.45) is 0 Å². The summed E-state index contributed by atoms with van der Waals surface area (Å²) in [6, 6.07) is 14.0. The molecule has 0 spiro atoms. The first-order valence-corrected chi connectivity index (χ1v) is 12.5. The van der Waals surface area contributed by atoms with Crippen molar-refractivity contribution in [2.75, 3.05) is 32.1 Å². The van der Waals surface area contributed by atoms with Crippen LogP contribution in [0.4, 0.5) is 5.69 Å². The van der Waals surface area contributed by atoms with E-state index in [1.165, 1.54) is 0 Å². The van der Waals surface area contributed by atoms with E-state index in [1.54, 1.807) is 27.2 Å². The maximum absolute atomic E-state index is 12.2. The van der Waals surface area contributed by atoms with Crippen LogP contribution in [0.1, 0.15) is 43.9 Å². The molecule has 2 aliphatic heterocycles. The number of rotatable bonds is 7. The number of ether oxygens (including phenoxy) is 2. The van der Waals surface area contributed by atoms with Crippen molar-refractivity contribution < 1.29 is 19.4 Å². The van der Waals surface area contributed by atoms with Gasteiger partial charge in [-0.25, -0.2) is 0 Å². The number of methoxy groups -OCH3 is 1. The number of β-amino-alcohol motifs (C(OH)–C–C–N with tert-alkyl or cyclic N) is 1. The topological polar surface area (TPSA) is 96.0 Å². The summed E-state index contributed by atoms with van der Waals surface area (Å²) in [4.78, 5) is 18.9. The quantitative estimate of drug-likeness (QED) is 0.465. The number of carbonyl (C=O) groups is 1. The van der Waals surface area contributed by atoms with Crippen molar-refractivity contribution in [1.82, 2.24) is 15.2 Å². The minimum absolute atomic E-state index is 0.131. The molecular formula is C28H34N4O4. The van der Waals surface area contributed by atoms with Gasteiger partial charge in [-0.2, -0.15) is 0 Å². The Bertz CT molecular complexity index is 1250. The summed E-state index contributed by atoms with van der Waals surface area (Å²) in [5, 5.41) is 18.6. The molecule has 0 saturated carbocycles. The van der Waals surface area contributed by atoms with Gasteiger partial charge in [-0.05, 0) is 87.3 Å². The van der Waals surface area contributed by atoms with Crippen LogP contribution in [0.3, 0.4) is 0 Å². The molecule has 0 radical (unpaired) electrons. The molecule has 5 rings (SSSR count). The zero-order valence-corrected chi connectivity index (χ0v) is 21.1. The highest BCUT2D eigenvalue weighted by Crippen LogP contribution is 2.34. The molecule has 1 atom stereocenters. The first kappa shape index (κ1) is 24.5. The summed E-state index contributed by atoms with van der Waals surface area (Å²) < 4.78 is 11.2. The summed E-state index contributed by atoms with van der Waals surface area (Å²) in [6.07, 6.45) is 3.18. The largest absolute Gasteiger partial charge is 0.497 e. The zero-order chi connectivity index (χ0) is 25.3. The Labute approximate surface area is 211 Å². The number of amides is 1. The number of aliphatic hydroxyl groups is 1. The summed E-state index contributed by atoms with van der Waals surface area (Å²) in [6.45, 7) is 6.69. The number of aliphatic hydroxyl groups excluding tert-OH is 1. The highest BCUT2D eigenvalue weighted by atomic mass is 16.5. The number of fused-ring (bicyclic) bond motifs is 2.